The maximum atomic E-state index is 14.2. The van der Waals surface area contributed by atoms with Gasteiger partial charge in [-0.15, -0.1) is 0 Å². The van der Waals surface area contributed by atoms with Crippen molar-refractivity contribution in [3.63, 3.8) is 0 Å². The number of carbonyl (C=O) groups is 2. The molecule has 6 atom stereocenters. The molecule has 0 bridgehead atoms. The maximum Gasteiger partial charge on any atom is 0.201 e. The van der Waals surface area contributed by atoms with Crippen LogP contribution in [0.25, 0.3) is 0 Å². The summed E-state index contributed by atoms with van der Waals surface area (Å²) in [4.78, 5) is 27.8. The van der Waals surface area contributed by atoms with Crippen molar-refractivity contribution in [2.24, 2.45) is 0 Å². The van der Waals surface area contributed by atoms with E-state index in [0.29, 0.717) is 11.1 Å². The lowest BCUT2D eigenvalue weighted by Crippen LogP contribution is -2.61. The monoisotopic (exact) mass is 642 g/mol. The van der Waals surface area contributed by atoms with Crippen LogP contribution in [0.3, 0.4) is 0 Å². The van der Waals surface area contributed by atoms with Gasteiger partial charge in [-0.25, -0.2) is 0 Å². The number of aryl methyl sites for hydroxylation is 2. The van der Waals surface area contributed by atoms with E-state index in [1.54, 1.807) is 13.8 Å². The Morgan fingerprint density at radius 3 is 1.85 bits per heavy atom. The first kappa shape index (κ1) is 30.8. The zero-order valence-electron chi connectivity index (χ0n) is 25.0. The molecule has 12 heteroatoms. The topological polar surface area (TPSA) is 225 Å². The highest BCUT2D eigenvalue weighted by molar-refractivity contribution is 6.18. The number of aliphatic hydroxyl groups excluding tert-OH is 3. The van der Waals surface area contributed by atoms with Crippen molar-refractivity contribution in [3.05, 3.63) is 116 Å². The fourth-order valence-corrected chi connectivity index (χ4v) is 7.42. The molecule has 4 aromatic rings. The third-order valence-electron chi connectivity index (χ3n) is 9.56. The van der Waals surface area contributed by atoms with Gasteiger partial charge < -0.3 is 50.7 Å². The van der Waals surface area contributed by atoms with Gasteiger partial charge in [-0.2, -0.15) is 0 Å². The van der Waals surface area contributed by atoms with Crippen LogP contribution in [0.2, 0.25) is 0 Å². The molecule has 0 spiro atoms. The Morgan fingerprint density at radius 2 is 1.19 bits per heavy atom. The largest absolute Gasteiger partial charge is 0.507 e. The number of fused-ring (bicyclic) bond motifs is 4. The molecule has 0 saturated carbocycles. The highest BCUT2D eigenvalue weighted by atomic mass is 16.5. The Morgan fingerprint density at radius 1 is 0.638 bits per heavy atom. The molecule has 0 unspecified atom stereocenters. The second kappa shape index (κ2) is 10.1. The van der Waals surface area contributed by atoms with Crippen molar-refractivity contribution in [1.82, 2.24) is 0 Å². The minimum Gasteiger partial charge on any atom is -0.507 e. The van der Waals surface area contributed by atoms with Crippen LogP contribution < -0.4 is 0 Å². The summed E-state index contributed by atoms with van der Waals surface area (Å²) >= 11 is 0. The molecule has 0 radical (unpaired) electrons. The molecule has 0 amide bonds. The molecule has 4 aromatic carbocycles. The molecule has 12 nitrogen and oxygen atoms in total. The summed E-state index contributed by atoms with van der Waals surface area (Å²) in [5.74, 6) is -4.25. The summed E-state index contributed by atoms with van der Waals surface area (Å²) in [6.07, 6.45) is -6.92. The molecule has 7 rings (SSSR count). The van der Waals surface area contributed by atoms with Gasteiger partial charge in [-0.1, -0.05) is 36.4 Å². The van der Waals surface area contributed by atoms with E-state index in [1.165, 1.54) is 54.6 Å². The van der Waals surface area contributed by atoms with Gasteiger partial charge in [0.25, 0.3) is 0 Å². The molecule has 1 fully saturated rings. The summed E-state index contributed by atoms with van der Waals surface area (Å²) < 4.78 is 5.67. The van der Waals surface area contributed by atoms with Crippen molar-refractivity contribution in [2.45, 2.75) is 49.5 Å². The molecule has 0 aromatic heterocycles. The van der Waals surface area contributed by atoms with E-state index < -0.39 is 87.9 Å². The van der Waals surface area contributed by atoms with E-state index in [9.17, 15) is 55.5 Å². The quantitative estimate of drug-likeness (QED) is 0.150. The lowest BCUT2D eigenvalue weighted by Gasteiger charge is -2.47. The van der Waals surface area contributed by atoms with Crippen LogP contribution in [0, 0.1) is 13.8 Å². The van der Waals surface area contributed by atoms with E-state index in [0.717, 1.165) is 0 Å². The molecule has 242 valence electrons. The molecular formula is C35H30O12. The minimum atomic E-state index is -2.52. The van der Waals surface area contributed by atoms with Crippen LogP contribution in [0.4, 0.5) is 0 Å². The van der Waals surface area contributed by atoms with Crippen LogP contribution >= 0.6 is 0 Å². The van der Waals surface area contributed by atoms with Gasteiger partial charge >= 0.3 is 0 Å². The maximum absolute atomic E-state index is 14.2. The fraction of sp³-hybridized carbons (Fsp3) is 0.257. The van der Waals surface area contributed by atoms with Crippen molar-refractivity contribution >= 4 is 11.6 Å². The van der Waals surface area contributed by atoms with Gasteiger partial charge in [0.05, 0.1) is 28.9 Å². The molecule has 1 saturated heterocycles. The zero-order chi connectivity index (χ0) is 33.9. The SMILES string of the molecule is Cc1cc(O)c2c(c1)[C@](O)(c1ccc3c(c1O)C(=O)c1c(O)cc(C)cc1[C@@]3(O)[C@@H]1OC[C@@H](O)[C@H](O)[C@H]1O)c1cccc(O)c1C2=O. The van der Waals surface area contributed by atoms with Crippen LogP contribution in [-0.2, 0) is 15.9 Å². The standard InChI is InChI=1S/C35H30O12/c1-13-8-18-25(21(37)10-13)30(42)24-15(4-3-5-20(24)36)34(18,45)17-7-6-16-27(28(17)40)31(43)26-19(9-14(2)11-22(26)38)35(16,46)33-32(44)29(41)23(39)12-47-33/h3-11,23,29,32-33,36-41,44-46H,12H2,1-2H3/t23-,29+,32-,33-,34-,35-/m1/s1. The minimum absolute atomic E-state index is 0.158. The van der Waals surface area contributed by atoms with E-state index in [-0.39, 0.29) is 38.9 Å². The number of benzene rings is 4. The lowest BCUT2D eigenvalue weighted by molar-refractivity contribution is -0.231. The van der Waals surface area contributed by atoms with E-state index in [2.05, 4.69) is 0 Å². The molecule has 1 heterocycles. The van der Waals surface area contributed by atoms with Crippen LogP contribution in [0.1, 0.15) is 70.8 Å². The third kappa shape index (κ3) is 3.91. The van der Waals surface area contributed by atoms with Gasteiger partial charge in [-0.05, 0) is 43.2 Å². The van der Waals surface area contributed by atoms with Gasteiger partial charge in [0.2, 0.25) is 11.6 Å². The average molecular weight is 643 g/mol. The van der Waals surface area contributed by atoms with Gasteiger partial charge in [0.15, 0.2) is 0 Å². The Bertz CT molecular complexity index is 2050. The van der Waals surface area contributed by atoms with E-state index in [1.807, 2.05) is 0 Å². The Kier molecular flexibility index (Phi) is 6.61. The number of carbonyl (C=O) groups excluding carboxylic acids is 2. The first-order chi connectivity index (χ1) is 22.1. The smallest absolute Gasteiger partial charge is 0.201 e. The summed E-state index contributed by atoms with van der Waals surface area (Å²) in [6, 6.07) is 11.6. The van der Waals surface area contributed by atoms with Gasteiger partial charge in [0.1, 0.15) is 58.6 Å². The summed E-state index contributed by atoms with van der Waals surface area (Å²) in [5, 5.41) is 102. The van der Waals surface area contributed by atoms with Crippen LogP contribution in [-0.4, -0.2) is 88.5 Å². The van der Waals surface area contributed by atoms with Gasteiger partial charge in [-0.3, -0.25) is 9.59 Å². The first-order valence-electron chi connectivity index (χ1n) is 14.7. The highest BCUT2D eigenvalue weighted by Gasteiger charge is 2.57. The number of ether oxygens (including phenoxy) is 1. The first-order valence-corrected chi connectivity index (χ1v) is 14.7. The second-order valence-electron chi connectivity index (χ2n) is 12.4. The van der Waals surface area contributed by atoms with Crippen LogP contribution in [0.5, 0.6) is 23.0 Å². The number of phenols is 4. The number of hydrogen-bond donors (Lipinski definition) is 9. The number of hydrogen-bond acceptors (Lipinski definition) is 12. The van der Waals surface area contributed by atoms with Crippen LogP contribution in [0.15, 0.2) is 54.6 Å². The molecule has 1 aliphatic heterocycles. The summed E-state index contributed by atoms with van der Waals surface area (Å²) in [5.41, 5.74) is -7.14. The van der Waals surface area contributed by atoms with E-state index >= 15 is 0 Å². The predicted molar refractivity (Wildman–Crippen MR) is 162 cm³/mol. The Labute approximate surface area is 266 Å². The predicted octanol–water partition coefficient (Wildman–Crippen LogP) is 1.22. The Balaban J connectivity index is 1.56. The number of aromatic hydroxyl groups is 4. The molecule has 2 aliphatic carbocycles. The number of ketones is 2. The fourth-order valence-electron chi connectivity index (χ4n) is 7.42. The third-order valence-corrected chi connectivity index (χ3v) is 9.56. The van der Waals surface area contributed by atoms with Crippen molar-refractivity contribution in [3.8, 4) is 23.0 Å². The van der Waals surface area contributed by atoms with Crippen molar-refractivity contribution < 1.29 is 60.3 Å². The van der Waals surface area contributed by atoms with Crippen molar-refractivity contribution in [2.75, 3.05) is 6.61 Å². The normalized spacial score (nSPS) is 27.9. The average Bonchev–Trinajstić information content (AvgIpc) is 3.00. The second-order valence-corrected chi connectivity index (χ2v) is 12.4. The molecule has 47 heavy (non-hydrogen) atoms. The molecular weight excluding hydrogens is 612 g/mol. The van der Waals surface area contributed by atoms with E-state index in [4.69, 9.17) is 4.74 Å². The highest BCUT2D eigenvalue weighted by Crippen LogP contribution is 2.55. The lowest BCUT2D eigenvalue weighted by atomic mass is 9.65. The summed E-state index contributed by atoms with van der Waals surface area (Å²) in [7, 11) is 0. The molecule has 9 N–H and O–H groups in total. The summed E-state index contributed by atoms with van der Waals surface area (Å²) in [6.45, 7) is 2.67. The van der Waals surface area contributed by atoms with Crippen molar-refractivity contribution in [1.29, 1.82) is 0 Å². The molecule has 3 aliphatic rings. The van der Waals surface area contributed by atoms with Gasteiger partial charge in [0, 0.05) is 27.8 Å². The number of aliphatic hydroxyl groups is 5. The number of phenolic OH excluding ortho intramolecular Hbond substituents is 4. The zero-order valence-corrected chi connectivity index (χ0v) is 25.0. The number of rotatable bonds is 2. The Hall–Kier alpha value is -4.82.